The molecule has 0 saturated carbocycles. The van der Waals surface area contributed by atoms with Crippen LogP contribution in [0.3, 0.4) is 0 Å². The number of hydrogen-bond donors (Lipinski definition) is 0. The van der Waals surface area contributed by atoms with E-state index in [4.69, 9.17) is 4.74 Å². The van der Waals surface area contributed by atoms with Gasteiger partial charge in [-0.1, -0.05) is 12.1 Å². The molecule has 9 heteroatoms. The van der Waals surface area contributed by atoms with E-state index in [-0.39, 0.29) is 5.91 Å². The number of alkyl halides is 3. The number of methoxy groups -OCH3 is 1. The number of para-hydroxylation sites is 2. The fourth-order valence-corrected chi connectivity index (χ4v) is 3.14. The van der Waals surface area contributed by atoms with Gasteiger partial charge in [-0.2, -0.15) is 18.3 Å². The lowest BCUT2D eigenvalue weighted by molar-refractivity contribution is -0.142. The minimum Gasteiger partial charge on any atom is -0.495 e. The summed E-state index contributed by atoms with van der Waals surface area (Å²) < 4.78 is 44.5. The largest absolute Gasteiger partial charge is 0.495 e. The zero-order chi connectivity index (χ0) is 19.6. The number of aromatic nitrogens is 2. The van der Waals surface area contributed by atoms with E-state index >= 15 is 0 Å². The molecule has 0 spiro atoms. The normalized spacial score (nSPS) is 16.3. The van der Waals surface area contributed by atoms with Gasteiger partial charge >= 0.3 is 6.18 Å². The van der Waals surface area contributed by atoms with Crippen LogP contribution in [0.5, 0.6) is 5.75 Å². The SMILES string of the molecule is COc1ccccc1N1CCN(C(=O)C(C)n2ccc(C(F)(F)F)n2)CC1. The van der Waals surface area contributed by atoms with Gasteiger partial charge in [0.25, 0.3) is 0 Å². The summed E-state index contributed by atoms with van der Waals surface area (Å²) in [6.07, 6.45) is -3.33. The molecule has 3 rings (SSSR count). The van der Waals surface area contributed by atoms with E-state index in [2.05, 4.69) is 10.00 Å². The molecule has 2 aromatic rings. The molecule has 146 valence electrons. The molecular formula is C18H21F3N4O2. The van der Waals surface area contributed by atoms with Crippen LogP contribution < -0.4 is 9.64 Å². The Morgan fingerprint density at radius 1 is 1.15 bits per heavy atom. The number of carbonyl (C=O) groups is 1. The molecule has 0 bridgehead atoms. The van der Waals surface area contributed by atoms with E-state index < -0.39 is 17.9 Å². The van der Waals surface area contributed by atoms with Gasteiger partial charge in [0.05, 0.1) is 12.8 Å². The third-order valence-electron chi connectivity index (χ3n) is 4.67. The van der Waals surface area contributed by atoms with Gasteiger partial charge < -0.3 is 14.5 Å². The van der Waals surface area contributed by atoms with Gasteiger partial charge in [0.1, 0.15) is 11.8 Å². The molecule has 27 heavy (non-hydrogen) atoms. The number of benzene rings is 1. The maximum Gasteiger partial charge on any atom is 0.435 e. The lowest BCUT2D eigenvalue weighted by Gasteiger charge is -2.37. The molecule has 1 amide bonds. The van der Waals surface area contributed by atoms with Gasteiger partial charge in [0.2, 0.25) is 5.91 Å². The number of nitrogens with zero attached hydrogens (tertiary/aromatic N) is 4. The zero-order valence-electron chi connectivity index (χ0n) is 15.1. The number of rotatable bonds is 4. The van der Waals surface area contributed by atoms with Crippen molar-refractivity contribution < 1.29 is 22.7 Å². The first-order chi connectivity index (χ1) is 12.8. The topological polar surface area (TPSA) is 50.6 Å². The second kappa shape index (κ2) is 7.50. The second-order valence-corrected chi connectivity index (χ2v) is 6.34. The molecule has 0 N–H and O–H groups in total. The highest BCUT2D eigenvalue weighted by Gasteiger charge is 2.35. The maximum atomic E-state index is 12.7. The molecular weight excluding hydrogens is 361 g/mol. The monoisotopic (exact) mass is 382 g/mol. The van der Waals surface area contributed by atoms with Crippen molar-refractivity contribution in [2.45, 2.75) is 19.1 Å². The Hall–Kier alpha value is -2.71. The van der Waals surface area contributed by atoms with Crippen molar-refractivity contribution >= 4 is 11.6 Å². The molecule has 6 nitrogen and oxygen atoms in total. The van der Waals surface area contributed by atoms with Crippen LogP contribution in [0, 0.1) is 0 Å². The molecule has 1 aromatic heterocycles. The Labute approximate surface area is 155 Å². The molecule has 1 unspecified atom stereocenters. The molecule has 1 atom stereocenters. The summed E-state index contributed by atoms with van der Waals surface area (Å²) >= 11 is 0. The third kappa shape index (κ3) is 4.01. The van der Waals surface area contributed by atoms with E-state index in [9.17, 15) is 18.0 Å². The molecule has 1 fully saturated rings. The highest BCUT2D eigenvalue weighted by Crippen LogP contribution is 2.29. The smallest absolute Gasteiger partial charge is 0.435 e. The summed E-state index contributed by atoms with van der Waals surface area (Å²) in [4.78, 5) is 16.5. The number of halogens is 3. The van der Waals surface area contributed by atoms with Crippen molar-refractivity contribution in [3.8, 4) is 5.75 Å². The van der Waals surface area contributed by atoms with Crippen molar-refractivity contribution in [1.82, 2.24) is 14.7 Å². The maximum absolute atomic E-state index is 12.7. The van der Waals surface area contributed by atoms with E-state index in [1.807, 2.05) is 24.3 Å². The summed E-state index contributed by atoms with van der Waals surface area (Å²) in [6.45, 7) is 3.75. The van der Waals surface area contributed by atoms with Gasteiger partial charge in [-0.3, -0.25) is 9.48 Å². The van der Waals surface area contributed by atoms with E-state index in [1.165, 1.54) is 6.20 Å². The number of amides is 1. The molecule has 1 aliphatic rings. The van der Waals surface area contributed by atoms with Gasteiger partial charge in [-0.05, 0) is 25.1 Å². The average molecular weight is 382 g/mol. The number of carbonyl (C=O) groups excluding carboxylic acids is 1. The zero-order valence-corrected chi connectivity index (χ0v) is 15.1. The standard InChI is InChI=1S/C18H21F3N4O2/c1-13(25-8-7-16(22-25)18(19,20)21)17(26)24-11-9-23(10-12-24)14-5-3-4-6-15(14)27-2/h3-8,13H,9-12H2,1-2H3. The quantitative estimate of drug-likeness (QED) is 0.816. The van der Waals surface area contributed by atoms with Crippen molar-refractivity contribution in [1.29, 1.82) is 0 Å². The summed E-state index contributed by atoms with van der Waals surface area (Å²) in [5, 5.41) is 3.50. The summed E-state index contributed by atoms with van der Waals surface area (Å²) in [5.41, 5.74) is -0.0369. The van der Waals surface area contributed by atoms with Gasteiger partial charge in [0.15, 0.2) is 5.69 Å². The van der Waals surface area contributed by atoms with E-state index in [0.717, 1.165) is 22.2 Å². The van der Waals surface area contributed by atoms with Crippen LogP contribution in [-0.2, 0) is 11.0 Å². The van der Waals surface area contributed by atoms with Crippen LogP contribution in [0.1, 0.15) is 18.7 Å². The highest BCUT2D eigenvalue weighted by molar-refractivity contribution is 5.80. The molecule has 2 heterocycles. The summed E-state index contributed by atoms with van der Waals surface area (Å²) in [5.74, 6) is 0.522. The van der Waals surface area contributed by atoms with Crippen molar-refractivity contribution in [2.24, 2.45) is 0 Å². The Morgan fingerprint density at radius 3 is 2.41 bits per heavy atom. The van der Waals surface area contributed by atoms with Gasteiger partial charge in [-0.25, -0.2) is 0 Å². The fourth-order valence-electron chi connectivity index (χ4n) is 3.14. The van der Waals surface area contributed by atoms with Gasteiger partial charge in [-0.15, -0.1) is 0 Å². The van der Waals surface area contributed by atoms with Crippen LogP contribution in [0.25, 0.3) is 0 Å². The Balaban J connectivity index is 1.63. The molecule has 1 aromatic carbocycles. The van der Waals surface area contributed by atoms with Crippen LogP contribution >= 0.6 is 0 Å². The first-order valence-corrected chi connectivity index (χ1v) is 8.60. The lowest BCUT2D eigenvalue weighted by Crippen LogP contribution is -2.50. The number of piperazine rings is 1. The highest BCUT2D eigenvalue weighted by atomic mass is 19.4. The number of hydrogen-bond acceptors (Lipinski definition) is 4. The van der Waals surface area contributed by atoms with Crippen LogP contribution in [0.4, 0.5) is 18.9 Å². The van der Waals surface area contributed by atoms with E-state index in [0.29, 0.717) is 26.2 Å². The summed E-state index contributed by atoms with van der Waals surface area (Å²) in [6, 6.07) is 7.74. The number of anilines is 1. The predicted octanol–water partition coefficient (Wildman–Crippen LogP) is 2.82. The summed E-state index contributed by atoms with van der Waals surface area (Å²) in [7, 11) is 1.61. The average Bonchev–Trinajstić information content (AvgIpc) is 3.17. The molecule has 0 aliphatic carbocycles. The predicted molar refractivity (Wildman–Crippen MR) is 93.7 cm³/mol. The molecule has 1 saturated heterocycles. The van der Waals surface area contributed by atoms with Crippen molar-refractivity contribution in [3.05, 3.63) is 42.2 Å². The third-order valence-corrected chi connectivity index (χ3v) is 4.67. The van der Waals surface area contributed by atoms with Crippen molar-refractivity contribution in [3.63, 3.8) is 0 Å². The van der Waals surface area contributed by atoms with E-state index in [1.54, 1.807) is 18.9 Å². The fraction of sp³-hybridized carbons (Fsp3) is 0.444. The van der Waals surface area contributed by atoms with Crippen LogP contribution in [-0.4, -0.2) is 53.9 Å². The molecule has 0 radical (unpaired) electrons. The lowest BCUT2D eigenvalue weighted by atomic mass is 10.2. The Morgan fingerprint density at radius 2 is 1.81 bits per heavy atom. The van der Waals surface area contributed by atoms with Gasteiger partial charge in [0, 0.05) is 32.4 Å². The number of ether oxygens (including phenoxy) is 1. The Bertz CT molecular complexity index is 798. The second-order valence-electron chi connectivity index (χ2n) is 6.34. The van der Waals surface area contributed by atoms with Crippen LogP contribution in [0.15, 0.2) is 36.5 Å². The first kappa shape index (κ1) is 19.1. The minimum atomic E-state index is -4.52. The molecule has 1 aliphatic heterocycles. The first-order valence-electron chi connectivity index (χ1n) is 8.60. The van der Waals surface area contributed by atoms with Crippen LogP contribution in [0.2, 0.25) is 0 Å². The van der Waals surface area contributed by atoms with Crippen molar-refractivity contribution in [2.75, 3.05) is 38.2 Å². The Kier molecular flexibility index (Phi) is 5.29. The minimum absolute atomic E-state index is 0.244.